The van der Waals surface area contributed by atoms with Crippen molar-refractivity contribution in [2.45, 2.75) is 47.0 Å². The molecule has 0 amide bonds. The summed E-state index contributed by atoms with van der Waals surface area (Å²) in [7, 11) is 0. The Labute approximate surface area is 125 Å². The molecule has 0 aliphatic heterocycles. The van der Waals surface area contributed by atoms with Gasteiger partial charge in [0.25, 0.3) is 0 Å². The highest BCUT2D eigenvalue weighted by atomic mass is 16.6. The van der Waals surface area contributed by atoms with Crippen LogP contribution in [-0.2, 0) is 4.79 Å². The molecule has 0 aromatic heterocycles. The third-order valence-corrected chi connectivity index (χ3v) is 5.32. The molecule has 0 aromatic rings. The van der Waals surface area contributed by atoms with Crippen molar-refractivity contribution >= 4 is 5.97 Å². The minimum absolute atomic E-state index is 0.0539. The van der Waals surface area contributed by atoms with Crippen LogP contribution in [0.5, 0.6) is 0 Å². The van der Waals surface area contributed by atoms with E-state index in [1.165, 1.54) is 5.57 Å². The molecule has 0 radical (unpaired) electrons. The first-order valence-corrected chi connectivity index (χ1v) is 7.66. The summed E-state index contributed by atoms with van der Waals surface area (Å²) in [6.45, 7) is 7.47. The number of nitro groups is 1. The molecular weight excluding hydrogens is 270 g/mol. The van der Waals surface area contributed by atoms with E-state index in [1.54, 1.807) is 0 Å². The Morgan fingerprint density at radius 3 is 2.62 bits per heavy atom. The van der Waals surface area contributed by atoms with Gasteiger partial charge in [-0.15, -0.1) is 0 Å². The average Bonchev–Trinajstić information content (AvgIpc) is 2.63. The van der Waals surface area contributed by atoms with E-state index in [0.717, 1.165) is 12.8 Å². The van der Waals surface area contributed by atoms with Crippen LogP contribution in [0.15, 0.2) is 11.6 Å². The summed E-state index contributed by atoms with van der Waals surface area (Å²) in [5.74, 6) is -1.13. The molecule has 5 nitrogen and oxygen atoms in total. The Bertz CT molecular complexity index is 491. The molecule has 2 aliphatic rings. The highest BCUT2D eigenvalue weighted by Crippen LogP contribution is 2.64. The Hall–Kier alpha value is -1.39. The standard InChI is InChI=1S/C16H25NO4/c1-5-10-6-11-8-16(9-17(20)21,12(11)7-10)13(14(18)19)15(2,3)4/h7,11-13H,5-6,8-9H2,1-4H3,(H,18,19)/t11-,12-,13?,16+/m1/s1. The Balaban J connectivity index is 2.42. The van der Waals surface area contributed by atoms with Gasteiger partial charge < -0.3 is 5.11 Å². The maximum absolute atomic E-state index is 11.9. The Kier molecular flexibility index (Phi) is 3.89. The molecule has 118 valence electrons. The van der Waals surface area contributed by atoms with Crippen LogP contribution in [-0.4, -0.2) is 22.5 Å². The van der Waals surface area contributed by atoms with E-state index < -0.39 is 22.7 Å². The predicted molar refractivity (Wildman–Crippen MR) is 79.5 cm³/mol. The summed E-state index contributed by atoms with van der Waals surface area (Å²) in [4.78, 5) is 22.7. The first-order valence-electron chi connectivity index (χ1n) is 7.66. The lowest BCUT2D eigenvalue weighted by Crippen LogP contribution is -2.59. The van der Waals surface area contributed by atoms with Crippen molar-refractivity contribution in [3.8, 4) is 0 Å². The van der Waals surface area contributed by atoms with Crippen LogP contribution in [0.3, 0.4) is 0 Å². The number of carbonyl (C=O) groups is 1. The third kappa shape index (κ3) is 2.58. The normalized spacial score (nSPS) is 32.9. The van der Waals surface area contributed by atoms with Gasteiger partial charge in [0.05, 0.1) is 11.3 Å². The van der Waals surface area contributed by atoms with E-state index in [0.29, 0.717) is 12.3 Å². The molecule has 0 bridgehead atoms. The van der Waals surface area contributed by atoms with Crippen molar-refractivity contribution in [1.29, 1.82) is 0 Å². The van der Waals surface area contributed by atoms with Crippen LogP contribution < -0.4 is 0 Å². The maximum Gasteiger partial charge on any atom is 0.307 e. The van der Waals surface area contributed by atoms with Gasteiger partial charge in [-0.1, -0.05) is 39.3 Å². The van der Waals surface area contributed by atoms with Crippen LogP contribution in [0.25, 0.3) is 0 Å². The van der Waals surface area contributed by atoms with Crippen molar-refractivity contribution in [3.63, 3.8) is 0 Å². The lowest BCUT2D eigenvalue weighted by molar-refractivity contribution is -0.510. The fraction of sp³-hybridized carbons (Fsp3) is 0.812. The number of hydrogen-bond donors (Lipinski definition) is 1. The molecule has 4 atom stereocenters. The molecule has 21 heavy (non-hydrogen) atoms. The smallest absolute Gasteiger partial charge is 0.307 e. The van der Waals surface area contributed by atoms with E-state index in [9.17, 15) is 20.0 Å². The number of carboxylic acids is 1. The number of fused-ring (bicyclic) bond motifs is 1. The van der Waals surface area contributed by atoms with Crippen LogP contribution in [0.1, 0.15) is 47.0 Å². The van der Waals surface area contributed by atoms with Gasteiger partial charge in [-0.05, 0) is 36.5 Å². The minimum atomic E-state index is -0.902. The van der Waals surface area contributed by atoms with Crippen molar-refractivity contribution in [2.75, 3.05) is 6.54 Å². The highest BCUT2D eigenvalue weighted by molar-refractivity contribution is 5.72. The molecule has 1 saturated carbocycles. The van der Waals surface area contributed by atoms with Gasteiger partial charge in [-0.3, -0.25) is 14.9 Å². The number of allylic oxidation sites excluding steroid dienone is 2. The van der Waals surface area contributed by atoms with E-state index >= 15 is 0 Å². The fourth-order valence-electron chi connectivity index (χ4n) is 4.77. The van der Waals surface area contributed by atoms with Gasteiger partial charge in [-0.2, -0.15) is 0 Å². The SMILES string of the molecule is CCC1=C[C@@H]2[C@H](C1)C[C@@]2(C[N+](=O)[O-])C(C(=O)O)C(C)(C)C. The van der Waals surface area contributed by atoms with Crippen molar-refractivity contribution < 1.29 is 14.8 Å². The molecule has 1 unspecified atom stereocenters. The molecule has 0 saturated heterocycles. The zero-order chi connectivity index (χ0) is 16.0. The van der Waals surface area contributed by atoms with Gasteiger partial charge in [0.15, 0.2) is 0 Å². The second-order valence-electron chi connectivity index (χ2n) is 7.73. The van der Waals surface area contributed by atoms with E-state index in [2.05, 4.69) is 13.0 Å². The predicted octanol–water partition coefficient (Wildman–Crippen LogP) is 3.37. The molecule has 2 rings (SSSR count). The van der Waals surface area contributed by atoms with Gasteiger partial charge >= 0.3 is 5.97 Å². The van der Waals surface area contributed by atoms with Crippen LogP contribution in [0, 0.1) is 38.7 Å². The van der Waals surface area contributed by atoms with Gasteiger partial charge in [0, 0.05) is 4.92 Å². The van der Waals surface area contributed by atoms with E-state index in [4.69, 9.17) is 0 Å². The molecule has 2 aliphatic carbocycles. The number of hydrogen-bond acceptors (Lipinski definition) is 3. The van der Waals surface area contributed by atoms with E-state index in [1.807, 2.05) is 20.8 Å². The summed E-state index contributed by atoms with van der Waals surface area (Å²) < 4.78 is 0. The molecule has 5 heteroatoms. The zero-order valence-corrected chi connectivity index (χ0v) is 13.3. The van der Waals surface area contributed by atoms with Crippen molar-refractivity contribution in [2.24, 2.45) is 28.6 Å². The summed E-state index contributed by atoms with van der Waals surface area (Å²) in [5.41, 5.74) is 0.110. The largest absolute Gasteiger partial charge is 0.481 e. The lowest BCUT2D eigenvalue weighted by atomic mass is 9.46. The molecule has 0 spiro atoms. The first-order chi connectivity index (χ1) is 9.61. The second kappa shape index (κ2) is 5.11. The molecular formula is C16H25NO4. The number of carboxylic acid groups (broad SMARTS) is 1. The number of aliphatic carboxylic acids is 1. The minimum Gasteiger partial charge on any atom is -0.481 e. The highest BCUT2D eigenvalue weighted by Gasteiger charge is 2.65. The number of rotatable bonds is 5. The zero-order valence-electron chi connectivity index (χ0n) is 13.3. The van der Waals surface area contributed by atoms with Crippen molar-refractivity contribution in [1.82, 2.24) is 0 Å². The van der Waals surface area contributed by atoms with Crippen molar-refractivity contribution in [3.05, 3.63) is 21.8 Å². The summed E-state index contributed by atoms with van der Waals surface area (Å²) in [5, 5.41) is 20.9. The molecule has 0 aromatic carbocycles. The lowest BCUT2D eigenvalue weighted by Gasteiger charge is -2.55. The molecule has 0 heterocycles. The van der Waals surface area contributed by atoms with Crippen LogP contribution in [0.2, 0.25) is 0 Å². The quantitative estimate of drug-likeness (QED) is 0.479. The topological polar surface area (TPSA) is 80.4 Å². The second-order valence-corrected chi connectivity index (χ2v) is 7.73. The fourth-order valence-corrected chi connectivity index (χ4v) is 4.77. The molecule has 1 N–H and O–H groups in total. The summed E-state index contributed by atoms with van der Waals surface area (Å²) >= 11 is 0. The monoisotopic (exact) mass is 295 g/mol. The van der Waals surface area contributed by atoms with Gasteiger partial charge in [0.1, 0.15) is 0 Å². The summed E-state index contributed by atoms with van der Waals surface area (Å²) in [6, 6.07) is 0. The maximum atomic E-state index is 11.9. The Morgan fingerprint density at radius 1 is 1.57 bits per heavy atom. The Morgan fingerprint density at radius 2 is 2.19 bits per heavy atom. The molecule has 1 fully saturated rings. The number of nitrogens with zero attached hydrogens (tertiary/aromatic N) is 1. The van der Waals surface area contributed by atoms with Crippen LogP contribution >= 0.6 is 0 Å². The van der Waals surface area contributed by atoms with Gasteiger partial charge in [0.2, 0.25) is 6.54 Å². The van der Waals surface area contributed by atoms with E-state index in [-0.39, 0.29) is 17.4 Å². The third-order valence-electron chi connectivity index (χ3n) is 5.32. The average molecular weight is 295 g/mol. The summed E-state index contributed by atoms with van der Waals surface area (Å²) in [6.07, 6.45) is 4.73. The first kappa shape index (κ1) is 16.0. The van der Waals surface area contributed by atoms with Crippen LogP contribution in [0.4, 0.5) is 0 Å². The van der Waals surface area contributed by atoms with Gasteiger partial charge in [-0.25, -0.2) is 0 Å².